The van der Waals surface area contributed by atoms with Crippen LogP contribution in [0.25, 0.3) is 91.9 Å². The monoisotopic (exact) mass is 867 g/mol. The smallest absolute Gasteiger partial charge is 0.155 e. The largest absolute Gasteiger partial charge is 0.456 e. The first kappa shape index (κ1) is 39.7. The van der Waals surface area contributed by atoms with Crippen LogP contribution < -0.4 is 0 Å². The van der Waals surface area contributed by atoms with Gasteiger partial charge in [0.15, 0.2) is 5.84 Å². The van der Waals surface area contributed by atoms with Gasteiger partial charge >= 0.3 is 0 Å². The van der Waals surface area contributed by atoms with Crippen LogP contribution in [0.1, 0.15) is 49.4 Å². The van der Waals surface area contributed by atoms with E-state index in [4.69, 9.17) is 14.4 Å². The van der Waals surface area contributed by atoms with Crippen LogP contribution in [0.2, 0.25) is 0 Å². The zero-order valence-corrected chi connectivity index (χ0v) is 37.6. The molecular weight excluding hydrogens is 823 g/mol. The van der Waals surface area contributed by atoms with Gasteiger partial charge in [-0.1, -0.05) is 166 Å². The number of hydrogen-bond acceptors (Lipinski definition) is 3. The second-order valence-corrected chi connectivity index (χ2v) is 18.0. The average Bonchev–Trinajstić information content (AvgIpc) is 4.07. The number of benzene rings is 9. The van der Waals surface area contributed by atoms with Crippen molar-refractivity contribution in [2.24, 2.45) is 9.98 Å². The van der Waals surface area contributed by atoms with Gasteiger partial charge in [0, 0.05) is 54.0 Å². The van der Waals surface area contributed by atoms with Gasteiger partial charge in [-0.05, 0) is 101 Å². The van der Waals surface area contributed by atoms with E-state index in [2.05, 4.69) is 225 Å². The number of hydrogen-bond donors (Lipinski definition) is 0. The SMILES string of the molecule is CCC(=NC(=NC(CC)c1cccc2oc3ccc(-n4c5ccccc5c5ccc6c7ccccc7sc6c54)cc3c12)c1ccccc1)c1cc(-c2ccccc2)cc(-c2ccccc2)c1. The molecule has 12 rings (SSSR count). The number of amidine groups is 1. The van der Waals surface area contributed by atoms with E-state index in [1.54, 1.807) is 0 Å². The van der Waals surface area contributed by atoms with Crippen molar-refractivity contribution in [2.75, 3.05) is 0 Å². The number of fused-ring (bicyclic) bond motifs is 10. The second kappa shape index (κ2) is 16.6. The molecule has 9 aromatic carbocycles. The predicted molar refractivity (Wildman–Crippen MR) is 281 cm³/mol. The minimum atomic E-state index is -0.197. The molecular formula is C61H45N3OS. The highest BCUT2D eigenvalue weighted by molar-refractivity contribution is 7.26. The lowest BCUT2D eigenvalue weighted by molar-refractivity contribution is 0.666. The molecule has 0 aliphatic heterocycles. The minimum Gasteiger partial charge on any atom is -0.456 e. The maximum absolute atomic E-state index is 6.69. The molecule has 3 heterocycles. The molecule has 0 spiro atoms. The Labute approximate surface area is 387 Å². The van der Waals surface area contributed by atoms with Crippen molar-refractivity contribution in [3.05, 3.63) is 223 Å². The van der Waals surface area contributed by atoms with Gasteiger partial charge in [-0.25, -0.2) is 4.99 Å². The zero-order chi connectivity index (χ0) is 44.1. The van der Waals surface area contributed by atoms with Crippen molar-refractivity contribution in [1.29, 1.82) is 0 Å². The van der Waals surface area contributed by atoms with Gasteiger partial charge in [-0.2, -0.15) is 0 Å². The van der Waals surface area contributed by atoms with Gasteiger partial charge < -0.3 is 8.98 Å². The van der Waals surface area contributed by atoms with E-state index in [1.807, 2.05) is 11.3 Å². The van der Waals surface area contributed by atoms with E-state index in [-0.39, 0.29) is 6.04 Å². The van der Waals surface area contributed by atoms with Gasteiger partial charge in [-0.3, -0.25) is 4.99 Å². The van der Waals surface area contributed by atoms with Gasteiger partial charge in [-0.15, -0.1) is 11.3 Å². The molecule has 0 radical (unpaired) electrons. The molecule has 316 valence electrons. The maximum atomic E-state index is 6.69. The predicted octanol–water partition coefficient (Wildman–Crippen LogP) is 17.2. The first-order valence-electron chi connectivity index (χ1n) is 22.9. The molecule has 0 saturated heterocycles. The van der Waals surface area contributed by atoms with Gasteiger partial charge in [0.05, 0.1) is 21.8 Å². The van der Waals surface area contributed by atoms with Crippen LogP contribution in [0.4, 0.5) is 0 Å². The first-order chi connectivity index (χ1) is 32.6. The summed E-state index contributed by atoms with van der Waals surface area (Å²) in [6, 6.07) is 73.6. The molecule has 4 nitrogen and oxygen atoms in total. The van der Waals surface area contributed by atoms with Crippen molar-refractivity contribution in [1.82, 2.24) is 4.57 Å². The number of thiophene rings is 1. The van der Waals surface area contributed by atoms with E-state index in [1.165, 1.54) is 53.1 Å². The Balaban J connectivity index is 1.03. The number of aromatic nitrogens is 1. The molecule has 0 saturated carbocycles. The lowest BCUT2D eigenvalue weighted by atomic mass is 9.94. The third kappa shape index (κ3) is 6.83. The van der Waals surface area contributed by atoms with Crippen LogP contribution in [0.3, 0.4) is 0 Å². The Hall–Kier alpha value is -7.86. The van der Waals surface area contributed by atoms with Crippen molar-refractivity contribution in [3.63, 3.8) is 0 Å². The Morgan fingerprint density at radius 3 is 1.92 bits per heavy atom. The molecule has 3 aromatic heterocycles. The van der Waals surface area contributed by atoms with Crippen LogP contribution in [-0.2, 0) is 0 Å². The second-order valence-electron chi connectivity index (χ2n) is 17.0. The summed E-state index contributed by atoms with van der Waals surface area (Å²) in [6.45, 7) is 4.41. The number of furan rings is 1. The lowest BCUT2D eigenvalue weighted by Gasteiger charge is -2.16. The first-order valence-corrected chi connectivity index (χ1v) is 23.7. The highest BCUT2D eigenvalue weighted by Crippen LogP contribution is 2.44. The van der Waals surface area contributed by atoms with Crippen LogP contribution in [-0.4, -0.2) is 16.1 Å². The third-order valence-electron chi connectivity index (χ3n) is 13.1. The van der Waals surface area contributed by atoms with E-state index < -0.39 is 0 Å². The summed E-state index contributed by atoms with van der Waals surface area (Å²) in [4.78, 5) is 11.2. The average molecular weight is 868 g/mol. The maximum Gasteiger partial charge on any atom is 0.155 e. The topological polar surface area (TPSA) is 42.8 Å². The zero-order valence-electron chi connectivity index (χ0n) is 36.8. The van der Waals surface area contributed by atoms with Crippen molar-refractivity contribution in [3.8, 4) is 27.9 Å². The summed E-state index contributed by atoms with van der Waals surface area (Å²) in [5.74, 6) is 0.716. The van der Waals surface area contributed by atoms with Gasteiger partial charge in [0.1, 0.15) is 11.2 Å². The van der Waals surface area contributed by atoms with E-state index in [0.717, 1.165) is 74.0 Å². The van der Waals surface area contributed by atoms with Crippen molar-refractivity contribution < 1.29 is 4.42 Å². The number of nitrogens with zero attached hydrogens (tertiary/aromatic N) is 3. The summed E-state index contributed by atoms with van der Waals surface area (Å²) in [6.07, 6.45) is 1.51. The quantitative estimate of drug-likeness (QED) is 0.105. The Morgan fingerprint density at radius 1 is 0.530 bits per heavy atom. The molecule has 66 heavy (non-hydrogen) atoms. The molecule has 0 aliphatic carbocycles. The highest BCUT2D eigenvalue weighted by atomic mass is 32.1. The molecule has 5 heteroatoms. The molecule has 0 aliphatic rings. The summed E-state index contributed by atoms with van der Waals surface area (Å²) in [5, 5.41) is 7.25. The number of aliphatic imine (C=N–C) groups is 2. The van der Waals surface area contributed by atoms with E-state index >= 15 is 0 Å². The fourth-order valence-corrected chi connectivity index (χ4v) is 11.1. The standard InChI is InChI=1S/C61H45N3OS/c1-3-52(44-36-42(39-19-8-5-9-20-39)35-43(37-44)40-21-10-6-11-22-40)62-61(41-23-12-7-13-24-41)63-53(4-2)50-27-18-29-56-58(50)51-38-45(31-34-55(51)65-56)64-54-28-16-14-25-46(54)48-32-33-49-47-26-15-17-30-57(47)66-60(49)59(48)64/h5-38,53H,3-4H2,1-2H3. The van der Waals surface area contributed by atoms with Gasteiger partial charge in [0.2, 0.25) is 0 Å². The van der Waals surface area contributed by atoms with Crippen molar-refractivity contribution in [2.45, 2.75) is 32.7 Å². The Kier molecular flexibility index (Phi) is 9.99. The fraction of sp³-hybridized carbons (Fsp3) is 0.0820. The molecule has 1 atom stereocenters. The van der Waals surface area contributed by atoms with Crippen LogP contribution in [0, 0.1) is 0 Å². The molecule has 12 aromatic rings. The molecule has 0 bridgehead atoms. The minimum absolute atomic E-state index is 0.197. The highest BCUT2D eigenvalue weighted by Gasteiger charge is 2.22. The van der Waals surface area contributed by atoms with E-state index in [0.29, 0.717) is 5.84 Å². The van der Waals surface area contributed by atoms with E-state index in [9.17, 15) is 0 Å². The van der Waals surface area contributed by atoms with Crippen LogP contribution in [0.5, 0.6) is 0 Å². The number of para-hydroxylation sites is 1. The van der Waals surface area contributed by atoms with Crippen LogP contribution >= 0.6 is 11.3 Å². The Bertz CT molecular complexity index is 3780. The summed E-state index contributed by atoms with van der Waals surface area (Å²) >= 11 is 1.87. The molecule has 0 fully saturated rings. The normalized spacial score (nSPS) is 12.9. The van der Waals surface area contributed by atoms with Crippen LogP contribution in [0.15, 0.2) is 221 Å². The summed E-state index contributed by atoms with van der Waals surface area (Å²) in [5.41, 5.74) is 14.1. The van der Waals surface area contributed by atoms with Crippen molar-refractivity contribution >= 4 is 86.8 Å². The third-order valence-corrected chi connectivity index (χ3v) is 14.3. The molecule has 0 amide bonds. The lowest BCUT2D eigenvalue weighted by Crippen LogP contribution is -2.09. The number of rotatable bonds is 9. The summed E-state index contributed by atoms with van der Waals surface area (Å²) < 4.78 is 11.7. The Morgan fingerprint density at radius 2 is 1.20 bits per heavy atom. The molecule has 0 N–H and O–H groups in total. The van der Waals surface area contributed by atoms with Gasteiger partial charge in [0.25, 0.3) is 0 Å². The summed E-state index contributed by atoms with van der Waals surface area (Å²) in [7, 11) is 0. The fourth-order valence-electron chi connectivity index (χ4n) is 9.91. The molecule has 1 unspecified atom stereocenters.